The van der Waals surface area contributed by atoms with Crippen LogP contribution in [0.2, 0.25) is 0 Å². The van der Waals surface area contributed by atoms with E-state index in [0.717, 1.165) is 17.1 Å². The highest BCUT2D eigenvalue weighted by Crippen LogP contribution is 2.35. The number of quaternary nitrogens is 1. The molecule has 8 heteroatoms. The molecule has 1 aromatic carbocycles. The highest BCUT2D eigenvalue weighted by atomic mass is 32.2. The van der Waals surface area contributed by atoms with E-state index < -0.39 is 0 Å². The molecule has 1 aliphatic rings. The van der Waals surface area contributed by atoms with Gasteiger partial charge in [-0.15, -0.1) is 11.8 Å². The summed E-state index contributed by atoms with van der Waals surface area (Å²) in [5.41, 5.74) is 1.08. The molecule has 0 unspecified atom stereocenters. The largest absolute Gasteiger partial charge is 0.446 e. The predicted molar refractivity (Wildman–Crippen MR) is 94.9 cm³/mol. The molecule has 0 fully saturated rings. The second-order valence-electron chi connectivity index (χ2n) is 6.08. The summed E-state index contributed by atoms with van der Waals surface area (Å²) in [4.78, 5) is 32.5. The van der Waals surface area contributed by atoms with Gasteiger partial charge < -0.3 is 19.5 Å². The third-order valence-electron chi connectivity index (χ3n) is 3.80. The number of para-hydroxylation sites is 1. The SMILES string of the molecule is C[NH+](C)CCNC(=O)c1coc(CN2C(=O)CSc3ccccc32)n1. The number of thioether (sulfide) groups is 1. The summed E-state index contributed by atoms with van der Waals surface area (Å²) in [6.45, 7) is 1.61. The van der Waals surface area contributed by atoms with Gasteiger partial charge in [-0.2, -0.15) is 0 Å². The lowest BCUT2D eigenvalue weighted by Gasteiger charge is -2.27. The van der Waals surface area contributed by atoms with E-state index in [1.54, 1.807) is 4.90 Å². The molecule has 0 radical (unpaired) electrons. The Hall–Kier alpha value is -2.32. The molecule has 3 rings (SSSR count). The number of aromatic nitrogens is 1. The zero-order chi connectivity index (χ0) is 17.8. The molecule has 2 amide bonds. The molecule has 1 aliphatic heterocycles. The lowest BCUT2D eigenvalue weighted by atomic mass is 10.2. The maximum absolute atomic E-state index is 12.3. The lowest BCUT2D eigenvalue weighted by molar-refractivity contribution is -0.856. The Labute approximate surface area is 150 Å². The van der Waals surface area contributed by atoms with Gasteiger partial charge >= 0.3 is 0 Å². The van der Waals surface area contributed by atoms with Crippen LogP contribution in [0.15, 0.2) is 39.8 Å². The van der Waals surface area contributed by atoms with Crippen LogP contribution in [-0.2, 0) is 11.3 Å². The normalized spacial score (nSPS) is 13.9. The molecule has 2 N–H and O–H groups in total. The minimum absolute atomic E-state index is 0.00172. The number of nitrogens with one attached hydrogen (secondary N) is 2. The minimum Gasteiger partial charge on any atom is -0.446 e. The monoisotopic (exact) mass is 361 g/mol. The Morgan fingerprint density at radius 3 is 3.00 bits per heavy atom. The molecule has 2 heterocycles. The van der Waals surface area contributed by atoms with E-state index >= 15 is 0 Å². The van der Waals surface area contributed by atoms with Gasteiger partial charge in [0.25, 0.3) is 5.91 Å². The topological polar surface area (TPSA) is 79.9 Å². The number of fused-ring (bicyclic) bond motifs is 1. The smallest absolute Gasteiger partial charge is 0.273 e. The summed E-state index contributed by atoms with van der Waals surface area (Å²) in [5, 5.41) is 2.81. The first kappa shape index (κ1) is 17.5. The molecular formula is C17H21N4O3S+. The van der Waals surface area contributed by atoms with E-state index in [0.29, 0.717) is 18.2 Å². The quantitative estimate of drug-likeness (QED) is 0.768. The first-order valence-electron chi connectivity index (χ1n) is 8.08. The number of amides is 2. The van der Waals surface area contributed by atoms with Crippen LogP contribution >= 0.6 is 11.8 Å². The summed E-state index contributed by atoms with van der Waals surface area (Å²) in [7, 11) is 4.04. The number of hydrogen-bond donors (Lipinski definition) is 2. The van der Waals surface area contributed by atoms with E-state index in [2.05, 4.69) is 10.3 Å². The summed E-state index contributed by atoms with van der Waals surface area (Å²) in [6.07, 6.45) is 1.34. The standard InChI is InChI=1S/C17H20N4O3S/c1-20(2)8-7-18-17(23)12-10-24-15(19-12)9-21-13-5-3-4-6-14(13)25-11-16(21)22/h3-6,10H,7-9,11H2,1-2H3,(H,18,23)/p+1. The number of hydrogen-bond acceptors (Lipinski definition) is 5. The summed E-state index contributed by atoms with van der Waals surface area (Å²) >= 11 is 1.52. The molecule has 132 valence electrons. The van der Waals surface area contributed by atoms with E-state index in [9.17, 15) is 9.59 Å². The van der Waals surface area contributed by atoms with Crippen LogP contribution in [0.4, 0.5) is 5.69 Å². The second-order valence-corrected chi connectivity index (χ2v) is 7.09. The molecule has 25 heavy (non-hydrogen) atoms. The summed E-state index contributed by atoms with van der Waals surface area (Å²) in [5.74, 6) is 0.468. The Morgan fingerprint density at radius 1 is 1.40 bits per heavy atom. The predicted octanol–water partition coefficient (Wildman–Crippen LogP) is 0.188. The zero-order valence-corrected chi connectivity index (χ0v) is 15.1. The Morgan fingerprint density at radius 2 is 2.20 bits per heavy atom. The first-order chi connectivity index (χ1) is 12.0. The number of carbonyl (C=O) groups excluding carboxylic acids is 2. The number of benzene rings is 1. The molecule has 0 aliphatic carbocycles. The summed E-state index contributed by atoms with van der Waals surface area (Å²) in [6, 6.07) is 7.73. The van der Waals surface area contributed by atoms with Gasteiger partial charge in [0.1, 0.15) is 12.8 Å². The Kier molecular flexibility index (Phi) is 5.40. The number of anilines is 1. The highest BCUT2D eigenvalue weighted by Gasteiger charge is 2.26. The van der Waals surface area contributed by atoms with Gasteiger partial charge in [0.05, 0.1) is 38.6 Å². The fourth-order valence-electron chi connectivity index (χ4n) is 2.47. The van der Waals surface area contributed by atoms with E-state index in [1.165, 1.54) is 22.9 Å². The van der Waals surface area contributed by atoms with Crippen molar-refractivity contribution in [2.24, 2.45) is 0 Å². The molecule has 7 nitrogen and oxygen atoms in total. The molecule has 0 bridgehead atoms. The molecular weight excluding hydrogens is 340 g/mol. The number of oxazole rings is 1. The van der Waals surface area contributed by atoms with E-state index in [4.69, 9.17) is 4.42 Å². The fourth-order valence-corrected chi connectivity index (χ4v) is 3.40. The van der Waals surface area contributed by atoms with Crippen molar-refractivity contribution < 1.29 is 18.9 Å². The van der Waals surface area contributed by atoms with Crippen molar-refractivity contribution in [2.75, 3.05) is 37.8 Å². The van der Waals surface area contributed by atoms with Crippen molar-refractivity contribution in [1.82, 2.24) is 10.3 Å². The number of carbonyl (C=O) groups is 2. The summed E-state index contributed by atoms with van der Waals surface area (Å²) < 4.78 is 5.40. The lowest BCUT2D eigenvalue weighted by Crippen LogP contribution is -3.06. The van der Waals surface area contributed by atoms with E-state index in [-0.39, 0.29) is 24.1 Å². The molecule has 0 saturated carbocycles. The van der Waals surface area contributed by atoms with Gasteiger partial charge in [-0.1, -0.05) is 12.1 Å². The van der Waals surface area contributed by atoms with Crippen molar-refractivity contribution in [1.29, 1.82) is 0 Å². The van der Waals surface area contributed by atoms with Crippen molar-refractivity contribution in [3.05, 3.63) is 42.1 Å². The van der Waals surface area contributed by atoms with Gasteiger partial charge in [-0.25, -0.2) is 4.98 Å². The van der Waals surface area contributed by atoms with Crippen molar-refractivity contribution >= 4 is 29.3 Å². The van der Waals surface area contributed by atoms with Crippen molar-refractivity contribution in [2.45, 2.75) is 11.4 Å². The Balaban J connectivity index is 1.67. The third-order valence-corrected chi connectivity index (χ3v) is 4.84. The third kappa shape index (κ3) is 4.21. The van der Waals surface area contributed by atoms with Crippen molar-refractivity contribution in [3.8, 4) is 0 Å². The zero-order valence-electron chi connectivity index (χ0n) is 14.2. The highest BCUT2D eigenvalue weighted by molar-refractivity contribution is 8.00. The van der Waals surface area contributed by atoms with Crippen LogP contribution in [0.25, 0.3) is 0 Å². The Bertz CT molecular complexity index is 775. The average Bonchev–Trinajstić information content (AvgIpc) is 3.06. The molecule has 2 aromatic rings. The van der Waals surface area contributed by atoms with Gasteiger partial charge in [0.2, 0.25) is 11.8 Å². The molecule has 0 spiro atoms. The number of rotatable bonds is 6. The minimum atomic E-state index is -0.267. The number of nitrogens with zero attached hydrogens (tertiary/aromatic N) is 2. The van der Waals surface area contributed by atoms with Gasteiger partial charge in [0, 0.05) is 4.90 Å². The van der Waals surface area contributed by atoms with Crippen LogP contribution < -0.4 is 15.1 Å². The first-order valence-corrected chi connectivity index (χ1v) is 9.07. The fraction of sp³-hybridized carbons (Fsp3) is 0.353. The van der Waals surface area contributed by atoms with Crippen LogP contribution in [0, 0.1) is 0 Å². The maximum Gasteiger partial charge on any atom is 0.273 e. The van der Waals surface area contributed by atoms with Gasteiger partial charge in [-0.3, -0.25) is 9.59 Å². The average molecular weight is 361 g/mol. The van der Waals surface area contributed by atoms with Crippen LogP contribution in [0.5, 0.6) is 0 Å². The molecule has 1 aromatic heterocycles. The van der Waals surface area contributed by atoms with Crippen LogP contribution in [0.3, 0.4) is 0 Å². The molecule has 0 atom stereocenters. The van der Waals surface area contributed by atoms with Crippen LogP contribution in [-0.4, -0.2) is 49.7 Å². The van der Waals surface area contributed by atoms with Gasteiger partial charge in [-0.05, 0) is 12.1 Å². The van der Waals surface area contributed by atoms with Crippen molar-refractivity contribution in [3.63, 3.8) is 0 Å². The van der Waals surface area contributed by atoms with Gasteiger partial charge in [0.15, 0.2) is 5.69 Å². The maximum atomic E-state index is 12.3. The number of likely N-dealkylation sites (N-methyl/N-ethyl adjacent to an activating group) is 1. The molecule has 0 saturated heterocycles. The van der Waals surface area contributed by atoms with E-state index in [1.807, 2.05) is 38.4 Å². The second kappa shape index (κ2) is 7.71. The van der Waals surface area contributed by atoms with Crippen LogP contribution in [0.1, 0.15) is 16.4 Å².